The molecule has 1 heterocycles. The lowest BCUT2D eigenvalue weighted by atomic mass is 10.3. The molecule has 0 saturated carbocycles. The molecule has 0 amide bonds. The molecular weight excluding hydrogens is 238 g/mol. The summed E-state index contributed by atoms with van der Waals surface area (Å²) in [5.74, 6) is 0.0263. The zero-order valence-electron chi connectivity index (χ0n) is 8.67. The van der Waals surface area contributed by atoms with Crippen LogP contribution in [0.3, 0.4) is 0 Å². The van der Waals surface area contributed by atoms with E-state index in [2.05, 4.69) is 5.32 Å². The first-order valence-electron chi connectivity index (χ1n) is 4.53. The van der Waals surface area contributed by atoms with Gasteiger partial charge in [0, 0.05) is 23.7 Å². The molecule has 1 aliphatic heterocycles. The van der Waals surface area contributed by atoms with E-state index in [1.165, 1.54) is 0 Å². The zero-order valence-corrected chi connectivity index (χ0v) is 10.3. The highest BCUT2D eigenvalue weighted by Crippen LogP contribution is 2.08. The summed E-state index contributed by atoms with van der Waals surface area (Å²) < 4.78 is 44.1. The van der Waals surface area contributed by atoms with Gasteiger partial charge in [-0.1, -0.05) is 6.08 Å². The molecule has 2 atom stereocenters. The normalized spacial score (nSPS) is 26.7. The van der Waals surface area contributed by atoms with Gasteiger partial charge >= 0.3 is 0 Å². The number of hydrogen-bond acceptors (Lipinski definition) is 5. The molecule has 0 radical (unpaired) electrons. The summed E-state index contributed by atoms with van der Waals surface area (Å²) in [6.07, 6.45) is 2.71. The van der Waals surface area contributed by atoms with Crippen molar-refractivity contribution >= 4 is 19.7 Å². The van der Waals surface area contributed by atoms with Crippen molar-refractivity contribution in [1.82, 2.24) is 5.32 Å². The Labute approximate surface area is 90.4 Å². The van der Waals surface area contributed by atoms with Gasteiger partial charge in [0.1, 0.15) is 9.84 Å². The Hall–Kier alpha value is -0.400. The van der Waals surface area contributed by atoms with E-state index in [1.807, 2.05) is 0 Å². The molecule has 7 heteroatoms. The Morgan fingerprint density at radius 3 is 2.53 bits per heavy atom. The number of nitrogens with one attached hydrogen (secondary N) is 1. The van der Waals surface area contributed by atoms with Crippen molar-refractivity contribution in [3.63, 3.8) is 0 Å². The third kappa shape index (κ3) is 4.76. The minimum atomic E-state index is -3.08. The summed E-state index contributed by atoms with van der Waals surface area (Å²) >= 11 is 0. The Balaban J connectivity index is 2.48. The second-order valence-corrected chi connectivity index (χ2v) is 8.04. The van der Waals surface area contributed by atoms with Gasteiger partial charge in [0.2, 0.25) is 0 Å². The molecule has 0 aliphatic carbocycles. The lowest BCUT2D eigenvalue weighted by Gasteiger charge is -2.16. The molecular formula is C8H15NO4S2. The van der Waals surface area contributed by atoms with Crippen LogP contribution < -0.4 is 5.32 Å². The van der Waals surface area contributed by atoms with Crippen molar-refractivity contribution < 1.29 is 16.8 Å². The summed E-state index contributed by atoms with van der Waals surface area (Å²) in [7, 11) is -6.11. The van der Waals surface area contributed by atoms with Gasteiger partial charge in [0.25, 0.3) is 0 Å². The maximum atomic E-state index is 11.1. The van der Waals surface area contributed by atoms with Gasteiger partial charge in [0.05, 0.1) is 11.5 Å². The van der Waals surface area contributed by atoms with Gasteiger partial charge in [-0.15, -0.1) is 0 Å². The van der Waals surface area contributed by atoms with E-state index in [4.69, 9.17) is 0 Å². The van der Waals surface area contributed by atoms with Gasteiger partial charge in [-0.3, -0.25) is 0 Å². The summed E-state index contributed by atoms with van der Waals surface area (Å²) in [6.45, 7) is 1.72. The summed E-state index contributed by atoms with van der Waals surface area (Å²) in [4.78, 5) is 0. The first kappa shape index (κ1) is 12.7. The molecule has 1 N–H and O–H groups in total. The SMILES string of the molecule is CC(CS(C)(=O)=O)NC1C=CS(=O)(=O)C1. The molecule has 1 aliphatic rings. The Kier molecular flexibility index (Phi) is 3.57. The van der Waals surface area contributed by atoms with Crippen LogP contribution in [0, 0.1) is 0 Å². The second kappa shape index (κ2) is 4.23. The van der Waals surface area contributed by atoms with Crippen LogP contribution in [0.1, 0.15) is 6.92 Å². The smallest absolute Gasteiger partial charge is 0.173 e. The van der Waals surface area contributed by atoms with Crippen molar-refractivity contribution in [2.24, 2.45) is 0 Å². The van der Waals surface area contributed by atoms with Crippen LogP contribution >= 0.6 is 0 Å². The summed E-state index contributed by atoms with van der Waals surface area (Å²) in [5.41, 5.74) is 0. The summed E-state index contributed by atoms with van der Waals surface area (Å²) in [6, 6.07) is -0.519. The predicted molar refractivity (Wildman–Crippen MR) is 59.0 cm³/mol. The monoisotopic (exact) mass is 253 g/mol. The van der Waals surface area contributed by atoms with E-state index in [9.17, 15) is 16.8 Å². The largest absolute Gasteiger partial charge is 0.306 e. The van der Waals surface area contributed by atoms with E-state index in [-0.39, 0.29) is 23.6 Å². The molecule has 0 aromatic heterocycles. The van der Waals surface area contributed by atoms with Crippen LogP contribution in [0.5, 0.6) is 0 Å². The third-order valence-electron chi connectivity index (χ3n) is 1.98. The Morgan fingerprint density at radius 2 is 2.13 bits per heavy atom. The fourth-order valence-electron chi connectivity index (χ4n) is 1.55. The molecule has 0 aromatic carbocycles. The highest BCUT2D eigenvalue weighted by atomic mass is 32.2. The van der Waals surface area contributed by atoms with Crippen LogP contribution in [-0.2, 0) is 19.7 Å². The van der Waals surface area contributed by atoms with Crippen molar-refractivity contribution in [3.8, 4) is 0 Å². The summed E-state index contributed by atoms with van der Waals surface area (Å²) in [5, 5.41) is 4.11. The lowest BCUT2D eigenvalue weighted by molar-refractivity contribution is 0.535. The van der Waals surface area contributed by atoms with Crippen molar-refractivity contribution in [1.29, 1.82) is 0 Å². The molecule has 5 nitrogen and oxygen atoms in total. The van der Waals surface area contributed by atoms with Crippen molar-refractivity contribution in [2.45, 2.75) is 19.0 Å². The van der Waals surface area contributed by atoms with Gasteiger partial charge in [-0.05, 0) is 6.92 Å². The maximum Gasteiger partial charge on any atom is 0.173 e. The first-order chi connectivity index (χ1) is 6.68. The van der Waals surface area contributed by atoms with Gasteiger partial charge in [-0.2, -0.15) is 0 Å². The van der Waals surface area contributed by atoms with Crippen LogP contribution in [-0.4, -0.2) is 46.7 Å². The molecule has 0 spiro atoms. The standard InChI is InChI=1S/C8H15NO4S2/c1-7(5-14(2,10)11)9-8-3-4-15(12,13)6-8/h3-4,7-9H,5-6H2,1-2H3. The molecule has 1 rings (SSSR count). The van der Waals surface area contributed by atoms with Crippen molar-refractivity contribution in [2.75, 3.05) is 17.8 Å². The quantitative estimate of drug-likeness (QED) is 0.718. The lowest BCUT2D eigenvalue weighted by Crippen LogP contribution is -2.40. The zero-order chi connectivity index (χ0) is 11.7. The van der Waals surface area contributed by atoms with Crippen LogP contribution in [0.25, 0.3) is 0 Å². The van der Waals surface area contributed by atoms with E-state index >= 15 is 0 Å². The molecule has 0 bridgehead atoms. The van der Waals surface area contributed by atoms with Crippen LogP contribution in [0.2, 0.25) is 0 Å². The van der Waals surface area contributed by atoms with Crippen LogP contribution in [0.4, 0.5) is 0 Å². The minimum absolute atomic E-state index is 0.0113. The number of hydrogen-bond donors (Lipinski definition) is 1. The molecule has 15 heavy (non-hydrogen) atoms. The number of rotatable bonds is 4. The molecule has 0 aromatic rings. The van der Waals surface area contributed by atoms with E-state index < -0.39 is 19.7 Å². The van der Waals surface area contributed by atoms with E-state index in [0.717, 1.165) is 11.7 Å². The first-order valence-corrected chi connectivity index (χ1v) is 8.30. The van der Waals surface area contributed by atoms with E-state index in [1.54, 1.807) is 13.0 Å². The Bertz CT molecular complexity index is 449. The fraction of sp³-hybridized carbons (Fsp3) is 0.750. The Morgan fingerprint density at radius 1 is 1.53 bits per heavy atom. The molecule has 0 saturated heterocycles. The average molecular weight is 253 g/mol. The van der Waals surface area contributed by atoms with Gasteiger partial charge < -0.3 is 5.32 Å². The highest BCUT2D eigenvalue weighted by Gasteiger charge is 2.23. The van der Waals surface area contributed by atoms with Crippen molar-refractivity contribution in [3.05, 3.63) is 11.5 Å². The molecule has 88 valence electrons. The van der Waals surface area contributed by atoms with Gasteiger partial charge in [0.15, 0.2) is 9.84 Å². The molecule has 2 unspecified atom stereocenters. The fourth-order valence-corrected chi connectivity index (χ4v) is 3.80. The highest BCUT2D eigenvalue weighted by molar-refractivity contribution is 7.94. The van der Waals surface area contributed by atoms with Gasteiger partial charge in [-0.25, -0.2) is 16.8 Å². The molecule has 0 fully saturated rings. The second-order valence-electron chi connectivity index (χ2n) is 3.92. The maximum absolute atomic E-state index is 11.1. The third-order valence-corrected chi connectivity index (χ3v) is 4.48. The predicted octanol–water partition coefficient (Wildman–Crippen LogP) is -0.680. The topological polar surface area (TPSA) is 80.3 Å². The average Bonchev–Trinajstić information content (AvgIpc) is 2.25. The number of sulfone groups is 2. The van der Waals surface area contributed by atoms with E-state index in [0.29, 0.717) is 0 Å². The van der Waals surface area contributed by atoms with Crippen LogP contribution in [0.15, 0.2) is 11.5 Å². The minimum Gasteiger partial charge on any atom is -0.306 e.